The summed E-state index contributed by atoms with van der Waals surface area (Å²) in [6.07, 6.45) is -4.72. The standard InChI is InChI=1S/C24H32O11S.2K/c1-24-9-8-14-13-5-3-12(33-23-20(27)18(25)19(26)21(34-23)22(28)29)10-11(13)2-4-15(14)16(24)6-7-17(24)35-36(30,31)32;;/h3,5,10,14-21,23,25-27H,2,4,6-9H2,1H3,(H,28,29)(H,30,31,32);;/q;2*+1/p-2/t14?,15?,16?,17-,18-,19-,20+,21-,23?,24-;;/m0../s1. The van der Waals surface area contributed by atoms with Crippen LogP contribution in [-0.4, -0.2) is 71.1 Å². The SMILES string of the molecule is C[C@]12CCC3c4ccc(OC5O[C@H](C(=O)[O-])[C@@H](O)[C@H](O)[C@H]5O)cc4CCC3C1CC[C@@H]2OS(=O)(=O)[O-].[K+].[K+]. The molecule has 200 valence electrons. The number of rotatable bonds is 5. The van der Waals surface area contributed by atoms with Crippen LogP contribution in [0.2, 0.25) is 0 Å². The van der Waals surface area contributed by atoms with Crippen molar-refractivity contribution in [2.24, 2.45) is 17.3 Å². The number of carboxylic acids is 1. The van der Waals surface area contributed by atoms with Crippen molar-refractivity contribution < 1.29 is 155 Å². The van der Waals surface area contributed by atoms with Crippen molar-refractivity contribution in [3.05, 3.63) is 29.3 Å². The Bertz CT molecular complexity index is 1130. The van der Waals surface area contributed by atoms with Crippen LogP contribution in [0.15, 0.2) is 18.2 Å². The van der Waals surface area contributed by atoms with Crippen molar-refractivity contribution >= 4 is 16.4 Å². The van der Waals surface area contributed by atoms with Crippen molar-refractivity contribution in [3.8, 4) is 5.75 Å². The van der Waals surface area contributed by atoms with E-state index in [-0.39, 0.29) is 120 Å². The summed E-state index contributed by atoms with van der Waals surface area (Å²) in [5.41, 5.74) is 1.84. The molecular weight excluding hydrogens is 575 g/mol. The van der Waals surface area contributed by atoms with Gasteiger partial charge in [0.2, 0.25) is 16.7 Å². The molecule has 1 heterocycles. The second-order valence-electron chi connectivity index (χ2n) is 10.7. The molecule has 0 amide bonds. The van der Waals surface area contributed by atoms with Crippen LogP contribution < -0.4 is 113 Å². The predicted molar refractivity (Wildman–Crippen MR) is 118 cm³/mol. The molecule has 3 aliphatic carbocycles. The Balaban J connectivity index is 0.00000200. The summed E-state index contributed by atoms with van der Waals surface area (Å²) < 4.78 is 49.6. The molecule has 2 saturated carbocycles. The number of aliphatic carboxylic acids is 1. The van der Waals surface area contributed by atoms with E-state index in [0.29, 0.717) is 18.1 Å². The molecule has 1 aromatic carbocycles. The van der Waals surface area contributed by atoms with Crippen molar-refractivity contribution in [3.63, 3.8) is 0 Å². The molecule has 0 bridgehead atoms. The second-order valence-corrected chi connectivity index (χ2v) is 11.7. The second kappa shape index (κ2) is 13.0. The zero-order chi connectivity index (χ0) is 26.0. The summed E-state index contributed by atoms with van der Waals surface area (Å²) in [4.78, 5) is 11.2. The third-order valence-corrected chi connectivity index (χ3v) is 9.37. The third-order valence-electron chi connectivity index (χ3n) is 8.90. The van der Waals surface area contributed by atoms with E-state index in [1.165, 1.54) is 0 Å². The average Bonchev–Trinajstić information content (AvgIpc) is 3.13. The van der Waals surface area contributed by atoms with Crippen LogP contribution in [0.3, 0.4) is 0 Å². The van der Waals surface area contributed by atoms with Gasteiger partial charge in [-0.15, -0.1) is 0 Å². The number of hydrogen-bond acceptors (Lipinski definition) is 11. The number of carbonyl (C=O) groups excluding carboxylic acids is 1. The maximum atomic E-state index is 11.3. The summed E-state index contributed by atoms with van der Waals surface area (Å²) in [6.45, 7) is 2.03. The number of fused-ring (bicyclic) bond motifs is 5. The molecule has 4 unspecified atom stereocenters. The number of carboxylic acid groups (broad SMARTS) is 1. The summed E-state index contributed by atoms with van der Waals surface area (Å²) >= 11 is 0. The Morgan fingerprint density at radius 1 is 1.08 bits per heavy atom. The molecule has 1 saturated heterocycles. The molecule has 5 rings (SSSR count). The number of aryl methyl sites for hydroxylation is 1. The van der Waals surface area contributed by atoms with Gasteiger partial charge in [-0.1, -0.05) is 13.0 Å². The normalized spacial score (nSPS) is 40.0. The van der Waals surface area contributed by atoms with Crippen LogP contribution in [0.25, 0.3) is 0 Å². The fourth-order valence-electron chi connectivity index (χ4n) is 7.16. The number of hydrogen-bond donors (Lipinski definition) is 3. The van der Waals surface area contributed by atoms with E-state index >= 15 is 0 Å². The fraction of sp³-hybridized carbons (Fsp3) is 0.708. The van der Waals surface area contributed by atoms with Crippen LogP contribution in [0.1, 0.15) is 56.1 Å². The summed E-state index contributed by atoms with van der Waals surface area (Å²) in [5, 5.41) is 41.3. The minimum Gasteiger partial charge on any atom is -0.726 e. The van der Waals surface area contributed by atoms with Gasteiger partial charge in [0.1, 0.15) is 30.2 Å². The number of benzene rings is 1. The number of ether oxygens (including phenoxy) is 2. The Morgan fingerprint density at radius 3 is 2.45 bits per heavy atom. The molecule has 0 aromatic heterocycles. The molecule has 10 atom stereocenters. The van der Waals surface area contributed by atoms with E-state index in [4.69, 9.17) is 13.7 Å². The molecule has 11 nitrogen and oxygen atoms in total. The molecule has 1 aliphatic heterocycles. The zero-order valence-corrected chi connectivity index (χ0v) is 28.7. The first-order valence-electron chi connectivity index (χ1n) is 12.2. The molecule has 14 heteroatoms. The molecule has 0 spiro atoms. The quantitative estimate of drug-likeness (QED) is 0.165. The van der Waals surface area contributed by atoms with E-state index in [9.17, 15) is 38.2 Å². The fourth-order valence-corrected chi connectivity index (χ4v) is 7.76. The monoisotopic (exact) mass is 604 g/mol. The minimum atomic E-state index is -4.77. The molecule has 1 aromatic rings. The van der Waals surface area contributed by atoms with Crippen molar-refractivity contribution in [2.75, 3.05) is 0 Å². The van der Waals surface area contributed by atoms with Crippen LogP contribution in [0.5, 0.6) is 5.75 Å². The molecule has 0 radical (unpaired) electrons. The van der Waals surface area contributed by atoms with Gasteiger partial charge in [0.25, 0.3) is 0 Å². The summed E-state index contributed by atoms with van der Waals surface area (Å²) in [7, 11) is -4.77. The zero-order valence-electron chi connectivity index (χ0n) is 21.7. The molecular formula is C24H30K2O11S. The van der Waals surface area contributed by atoms with Gasteiger partial charge in [0, 0.05) is 0 Å². The van der Waals surface area contributed by atoms with Crippen LogP contribution in [0, 0.1) is 17.3 Å². The van der Waals surface area contributed by atoms with Gasteiger partial charge in [-0.2, -0.15) is 0 Å². The topological polar surface area (TPSA) is 186 Å². The maximum absolute atomic E-state index is 11.3. The first kappa shape index (κ1) is 34.0. The first-order valence-corrected chi connectivity index (χ1v) is 13.6. The van der Waals surface area contributed by atoms with Crippen LogP contribution in [0.4, 0.5) is 0 Å². The van der Waals surface area contributed by atoms with Crippen molar-refractivity contribution in [1.29, 1.82) is 0 Å². The number of aliphatic hydroxyl groups excluding tert-OH is 3. The molecule has 4 aliphatic rings. The average molecular weight is 605 g/mol. The van der Waals surface area contributed by atoms with E-state index in [1.54, 1.807) is 6.07 Å². The number of aliphatic hydroxyl groups is 3. The van der Waals surface area contributed by atoms with Crippen molar-refractivity contribution in [1.82, 2.24) is 0 Å². The Labute approximate surface area is 306 Å². The third kappa shape index (κ3) is 6.51. The smallest absolute Gasteiger partial charge is 0.726 e. The minimum absolute atomic E-state index is 0. The van der Waals surface area contributed by atoms with E-state index < -0.39 is 53.2 Å². The van der Waals surface area contributed by atoms with Crippen LogP contribution in [-0.2, 0) is 30.5 Å². The first-order chi connectivity index (χ1) is 16.9. The van der Waals surface area contributed by atoms with Gasteiger partial charge >= 0.3 is 103 Å². The Hall–Kier alpha value is 1.47. The van der Waals surface area contributed by atoms with Crippen LogP contribution >= 0.6 is 0 Å². The maximum Gasteiger partial charge on any atom is 1.00 e. The van der Waals surface area contributed by atoms with Gasteiger partial charge in [-0.25, -0.2) is 8.42 Å². The Morgan fingerprint density at radius 2 is 1.79 bits per heavy atom. The van der Waals surface area contributed by atoms with E-state index in [2.05, 4.69) is 0 Å². The predicted octanol–water partition coefficient (Wildman–Crippen LogP) is -6.67. The van der Waals surface area contributed by atoms with Gasteiger partial charge < -0.3 is 39.2 Å². The molecule has 3 N–H and O–H groups in total. The Kier molecular flexibility index (Phi) is 11.6. The van der Waals surface area contributed by atoms with Crippen molar-refractivity contribution in [2.45, 2.75) is 88.2 Å². The van der Waals surface area contributed by atoms with Gasteiger partial charge in [-0.05, 0) is 85.0 Å². The number of carbonyl (C=O) groups is 1. The summed E-state index contributed by atoms with van der Waals surface area (Å²) in [6, 6.07) is 5.44. The largest absolute Gasteiger partial charge is 1.00 e. The van der Waals surface area contributed by atoms with E-state index in [1.807, 2.05) is 19.1 Å². The van der Waals surface area contributed by atoms with Gasteiger partial charge in [0.05, 0.1) is 12.1 Å². The van der Waals surface area contributed by atoms with Gasteiger partial charge in [0.15, 0.2) is 0 Å². The summed E-state index contributed by atoms with van der Waals surface area (Å²) in [5.74, 6) is -0.565. The van der Waals surface area contributed by atoms with Gasteiger partial charge in [-0.3, -0.25) is 4.18 Å². The molecule has 38 heavy (non-hydrogen) atoms. The van der Waals surface area contributed by atoms with E-state index in [0.717, 1.165) is 43.2 Å². The molecule has 3 fully saturated rings.